The van der Waals surface area contributed by atoms with Crippen LogP contribution in [-0.2, 0) is 11.4 Å². The van der Waals surface area contributed by atoms with Crippen LogP contribution in [0.3, 0.4) is 0 Å². The van der Waals surface area contributed by atoms with Crippen LogP contribution in [0.15, 0.2) is 71.2 Å². The van der Waals surface area contributed by atoms with E-state index < -0.39 is 0 Å². The quantitative estimate of drug-likeness (QED) is 0.290. The molecule has 0 aliphatic carbocycles. The molecule has 0 aromatic heterocycles. The highest BCUT2D eigenvalue weighted by Gasteiger charge is 2.15. The Balaban J connectivity index is 1.78. The second kappa shape index (κ2) is 11.9. The number of anilines is 1. The molecule has 0 unspecified atom stereocenters. The smallest absolute Gasteiger partial charge is 0.248 e. The van der Waals surface area contributed by atoms with Crippen LogP contribution in [-0.4, -0.2) is 13.0 Å². The summed E-state index contributed by atoms with van der Waals surface area (Å²) in [6.07, 6.45) is 3.32. The van der Waals surface area contributed by atoms with E-state index >= 15 is 0 Å². The van der Waals surface area contributed by atoms with Crippen LogP contribution in [0.2, 0.25) is 0 Å². The average molecular weight is 522 g/mol. The number of ether oxygens (including phenoxy) is 2. The highest BCUT2D eigenvalue weighted by Crippen LogP contribution is 2.38. The first-order chi connectivity index (χ1) is 16.3. The van der Waals surface area contributed by atoms with Gasteiger partial charge in [-0.2, -0.15) is 0 Å². The number of para-hydroxylation sites is 1. The fourth-order valence-electron chi connectivity index (χ4n) is 3.74. The van der Waals surface area contributed by atoms with Gasteiger partial charge in [0.1, 0.15) is 6.61 Å². The predicted molar refractivity (Wildman–Crippen MR) is 144 cm³/mol. The van der Waals surface area contributed by atoms with E-state index in [-0.39, 0.29) is 5.91 Å². The molecule has 1 amide bonds. The highest BCUT2D eigenvalue weighted by molar-refractivity contribution is 9.10. The van der Waals surface area contributed by atoms with Crippen LogP contribution in [0, 0.1) is 0 Å². The zero-order chi connectivity index (χ0) is 24.7. The third-order valence-corrected chi connectivity index (χ3v) is 6.12. The maximum absolute atomic E-state index is 12.8. The van der Waals surface area contributed by atoms with E-state index in [0.29, 0.717) is 29.9 Å². The molecule has 0 saturated heterocycles. The number of rotatable bonds is 9. The lowest BCUT2D eigenvalue weighted by Crippen LogP contribution is -2.13. The van der Waals surface area contributed by atoms with Crippen molar-refractivity contribution in [2.24, 2.45) is 0 Å². The highest BCUT2D eigenvalue weighted by atomic mass is 79.9. The van der Waals surface area contributed by atoms with E-state index in [0.717, 1.165) is 32.4 Å². The number of carbonyl (C=O) groups is 1. The summed E-state index contributed by atoms with van der Waals surface area (Å²) in [6.45, 7) is 8.97. The third kappa shape index (κ3) is 6.51. The average Bonchev–Trinajstić information content (AvgIpc) is 2.82. The first-order valence-electron chi connectivity index (χ1n) is 11.5. The summed E-state index contributed by atoms with van der Waals surface area (Å²) in [5.74, 6) is 1.66. The van der Waals surface area contributed by atoms with E-state index in [2.05, 4.69) is 67.1 Å². The normalized spacial score (nSPS) is 11.3. The van der Waals surface area contributed by atoms with Crippen molar-refractivity contribution in [3.8, 4) is 11.5 Å². The zero-order valence-electron chi connectivity index (χ0n) is 20.4. The molecule has 0 heterocycles. The zero-order valence-corrected chi connectivity index (χ0v) is 22.0. The molecular formula is C29H32BrNO3. The minimum absolute atomic E-state index is 0.172. The van der Waals surface area contributed by atoms with Crippen molar-refractivity contribution in [3.05, 3.63) is 93.5 Å². The Kier molecular flexibility index (Phi) is 8.94. The molecule has 0 aliphatic rings. The SMILES string of the molecule is COc1cc(C=CC(=O)Nc2c(C(C)C)cccc2C(C)C)cc(Br)c1OCc1ccccc1. The standard InChI is InChI=1S/C29H32BrNO3/c1-19(2)23-12-9-13-24(20(3)4)28(23)31-27(32)15-14-22-16-25(30)29(26(17-22)33-5)34-18-21-10-7-6-8-11-21/h6-17,19-20H,18H2,1-5H3,(H,31,32). The van der Waals surface area contributed by atoms with E-state index in [1.807, 2.05) is 42.5 Å². The van der Waals surface area contributed by atoms with Gasteiger partial charge in [-0.25, -0.2) is 0 Å². The summed E-state index contributed by atoms with van der Waals surface area (Å²) < 4.78 is 12.3. The van der Waals surface area contributed by atoms with Crippen molar-refractivity contribution < 1.29 is 14.3 Å². The number of methoxy groups -OCH3 is 1. The molecule has 4 nitrogen and oxygen atoms in total. The Morgan fingerprint density at radius 3 is 2.21 bits per heavy atom. The molecule has 3 rings (SSSR count). The molecule has 0 fully saturated rings. The van der Waals surface area contributed by atoms with Gasteiger partial charge in [-0.05, 0) is 68.2 Å². The summed E-state index contributed by atoms with van der Waals surface area (Å²) >= 11 is 3.58. The summed E-state index contributed by atoms with van der Waals surface area (Å²) in [7, 11) is 1.60. The van der Waals surface area contributed by atoms with Crippen molar-refractivity contribution in [2.75, 3.05) is 12.4 Å². The van der Waals surface area contributed by atoms with Crippen LogP contribution < -0.4 is 14.8 Å². The number of hydrogen-bond acceptors (Lipinski definition) is 3. The van der Waals surface area contributed by atoms with Crippen molar-refractivity contribution in [1.29, 1.82) is 0 Å². The summed E-state index contributed by atoms with van der Waals surface area (Å²) in [4.78, 5) is 12.8. The number of nitrogens with one attached hydrogen (secondary N) is 1. The topological polar surface area (TPSA) is 47.6 Å². The molecule has 0 atom stereocenters. The molecule has 0 bridgehead atoms. The summed E-state index contributed by atoms with van der Waals surface area (Å²) in [5.41, 5.74) is 5.08. The van der Waals surface area contributed by atoms with E-state index in [1.165, 1.54) is 0 Å². The van der Waals surface area contributed by atoms with E-state index in [1.54, 1.807) is 19.3 Å². The van der Waals surface area contributed by atoms with Gasteiger partial charge >= 0.3 is 0 Å². The first kappa shape index (κ1) is 25.6. The number of amides is 1. The molecule has 178 valence electrons. The predicted octanol–water partition coefficient (Wildman–Crippen LogP) is 7.94. The lowest BCUT2D eigenvalue weighted by molar-refractivity contribution is -0.111. The Morgan fingerprint density at radius 1 is 0.971 bits per heavy atom. The molecule has 0 radical (unpaired) electrons. The third-order valence-electron chi connectivity index (χ3n) is 5.53. The molecule has 3 aromatic rings. The monoisotopic (exact) mass is 521 g/mol. The maximum atomic E-state index is 12.8. The Morgan fingerprint density at radius 2 is 1.62 bits per heavy atom. The van der Waals surface area contributed by atoms with Crippen LogP contribution in [0.5, 0.6) is 11.5 Å². The van der Waals surface area contributed by atoms with Gasteiger partial charge in [0.25, 0.3) is 0 Å². The molecule has 0 saturated carbocycles. The Labute approximate surface area is 211 Å². The van der Waals surface area contributed by atoms with Crippen LogP contribution >= 0.6 is 15.9 Å². The van der Waals surface area contributed by atoms with Gasteiger partial charge in [0, 0.05) is 11.8 Å². The molecular weight excluding hydrogens is 490 g/mol. The molecule has 1 N–H and O–H groups in total. The minimum Gasteiger partial charge on any atom is -0.493 e. The van der Waals surface area contributed by atoms with Gasteiger partial charge < -0.3 is 14.8 Å². The van der Waals surface area contributed by atoms with E-state index in [4.69, 9.17) is 9.47 Å². The molecule has 5 heteroatoms. The number of halogens is 1. The van der Waals surface area contributed by atoms with Crippen LogP contribution in [0.4, 0.5) is 5.69 Å². The Hall–Kier alpha value is -3.05. The van der Waals surface area contributed by atoms with Gasteiger partial charge in [0.2, 0.25) is 5.91 Å². The second-order valence-corrected chi connectivity index (χ2v) is 9.61. The fourth-order valence-corrected chi connectivity index (χ4v) is 4.31. The van der Waals surface area contributed by atoms with Crippen molar-refractivity contribution in [1.82, 2.24) is 0 Å². The Bertz CT molecular complexity index is 1130. The van der Waals surface area contributed by atoms with Gasteiger partial charge in [-0.15, -0.1) is 0 Å². The van der Waals surface area contributed by atoms with Crippen LogP contribution in [0.25, 0.3) is 6.08 Å². The molecule has 0 aliphatic heterocycles. The van der Waals surface area contributed by atoms with Crippen molar-refractivity contribution in [2.45, 2.75) is 46.1 Å². The van der Waals surface area contributed by atoms with Gasteiger partial charge in [0.15, 0.2) is 11.5 Å². The fraction of sp³-hybridized carbons (Fsp3) is 0.276. The number of benzene rings is 3. The van der Waals surface area contributed by atoms with Crippen molar-refractivity contribution >= 4 is 33.6 Å². The number of hydrogen-bond donors (Lipinski definition) is 1. The maximum Gasteiger partial charge on any atom is 0.248 e. The summed E-state index contributed by atoms with van der Waals surface area (Å²) in [5, 5.41) is 3.11. The molecule has 3 aromatic carbocycles. The summed E-state index contributed by atoms with van der Waals surface area (Å²) in [6, 6.07) is 19.9. The van der Waals surface area contributed by atoms with E-state index in [9.17, 15) is 4.79 Å². The lowest BCUT2D eigenvalue weighted by Gasteiger charge is -2.19. The number of carbonyl (C=O) groups excluding carboxylic acids is 1. The largest absolute Gasteiger partial charge is 0.493 e. The minimum atomic E-state index is -0.172. The van der Waals surface area contributed by atoms with Gasteiger partial charge in [-0.1, -0.05) is 76.2 Å². The second-order valence-electron chi connectivity index (χ2n) is 8.75. The van der Waals surface area contributed by atoms with Gasteiger partial charge in [0.05, 0.1) is 11.6 Å². The molecule has 0 spiro atoms. The van der Waals surface area contributed by atoms with Crippen molar-refractivity contribution in [3.63, 3.8) is 0 Å². The lowest BCUT2D eigenvalue weighted by atomic mass is 9.92. The van der Waals surface area contributed by atoms with Gasteiger partial charge in [-0.3, -0.25) is 4.79 Å². The first-order valence-corrected chi connectivity index (χ1v) is 12.3. The van der Waals surface area contributed by atoms with Crippen LogP contribution in [0.1, 0.15) is 61.8 Å². The molecule has 34 heavy (non-hydrogen) atoms.